The highest BCUT2D eigenvalue weighted by atomic mass is 32.2. The Kier molecular flexibility index (Phi) is 4.00. The van der Waals surface area contributed by atoms with Crippen molar-refractivity contribution < 1.29 is 8.42 Å². The van der Waals surface area contributed by atoms with Gasteiger partial charge in [-0.1, -0.05) is 13.3 Å². The normalized spacial score (nSPS) is 29.5. The highest BCUT2D eigenvalue weighted by Gasteiger charge is 2.41. The smallest absolute Gasteiger partial charge is 0.178 e. The van der Waals surface area contributed by atoms with E-state index in [0.717, 1.165) is 23.4 Å². The molecule has 3 rings (SSSR count). The van der Waals surface area contributed by atoms with Crippen LogP contribution in [0.2, 0.25) is 0 Å². The van der Waals surface area contributed by atoms with Crippen molar-refractivity contribution in [2.75, 3.05) is 11.1 Å². The molecule has 1 aromatic carbocycles. The van der Waals surface area contributed by atoms with Crippen LogP contribution in [0.15, 0.2) is 29.2 Å². The van der Waals surface area contributed by atoms with Gasteiger partial charge in [0.05, 0.1) is 10.6 Å². The van der Waals surface area contributed by atoms with Gasteiger partial charge in [0, 0.05) is 11.7 Å². The summed E-state index contributed by atoms with van der Waals surface area (Å²) in [4.78, 5) is 0.420. The third kappa shape index (κ3) is 2.96. The average molecular weight is 307 g/mol. The molecular weight excluding hydrogens is 282 g/mol. The fraction of sp³-hybridized carbons (Fsp3) is 0.647. The molecule has 2 aliphatic carbocycles. The van der Waals surface area contributed by atoms with E-state index in [-0.39, 0.29) is 5.75 Å². The summed E-state index contributed by atoms with van der Waals surface area (Å²) >= 11 is 0. The molecule has 2 aliphatic rings. The van der Waals surface area contributed by atoms with E-state index in [9.17, 15) is 8.42 Å². The van der Waals surface area contributed by atoms with E-state index in [0.29, 0.717) is 10.9 Å². The van der Waals surface area contributed by atoms with Gasteiger partial charge in [-0.2, -0.15) is 0 Å². The molecule has 0 amide bonds. The molecule has 2 fully saturated rings. The zero-order valence-electron chi connectivity index (χ0n) is 12.9. The molecule has 0 heterocycles. The van der Waals surface area contributed by atoms with Gasteiger partial charge in [0.15, 0.2) is 9.84 Å². The van der Waals surface area contributed by atoms with E-state index in [1.54, 1.807) is 19.1 Å². The lowest BCUT2D eigenvalue weighted by Gasteiger charge is -2.29. The minimum Gasteiger partial charge on any atom is -0.382 e. The van der Waals surface area contributed by atoms with Crippen molar-refractivity contribution in [2.24, 2.45) is 17.8 Å². The molecule has 3 nitrogen and oxygen atoms in total. The number of hydrogen-bond acceptors (Lipinski definition) is 3. The molecule has 4 heteroatoms. The third-order valence-electron chi connectivity index (χ3n) is 5.42. The highest BCUT2D eigenvalue weighted by Crippen LogP contribution is 2.49. The number of anilines is 1. The molecule has 116 valence electrons. The average Bonchev–Trinajstić information content (AvgIpc) is 3.10. The van der Waals surface area contributed by atoms with Gasteiger partial charge in [-0.25, -0.2) is 8.42 Å². The lowest BCUT2D eigenvalue weighted by atomic mass is 9.84. The van der Waals surface area contributed by atoms with Crippen LogP contribution in [0.5, 0.6) is 0 Å². The Morgan fingerprint density at radius 1 is 1.19 bits per heavy atom. The summed E-state index contributed by atoms with van der Waals surface area (Å²) in [6.45, 7) is 3.95. The zero-order chi connectivity index (χ0) is 15.0. The van der Waals surface area contributed by atoms with Crippen molar-refractivity contribution in [1.29, 1.82) is 0 Å². The largest absolute Gasteiger partial charge is 0.382 e. The number of rotatable bonds is 5. The van der Waals surface area contributed by atoms with E-state index in [1.807, 2.05) is 12.1 Å². The maximum atomic E-state index is 11.8. The van der Waals surface area contributed by atoms with Crippen LogP contribution in [0.3, 0.4) is 0 Å². The van der Waals surface area contributed by atoms with Gasteiger partial charge < -0.3 is 5.32 Å². The number of hydrogen-bond donors (Lipinski definition) is 1. The fourth-order valence-electron chi connectivity index (χ4n) is 4.20. The second-order valence-corrected chi connectivity index (χ2v) is 8.98. The highest BCUT2D eigenvalue weighted by molar-refractivity contribution is 7.91. The van der Waals surface area contributed by atoms with E-state index < -0.39 is 9.84 Å². The maximum absolute atomic E-state index is 11.8. The topological polar surface area (TPSA) is 46.2 Å². The van der Waals surface area contributed by atoms with Crippen LogP contribution in [-0.4, -0.2) is 20.2 Å². The monoisotopic (exact) mass is 307 g/mol. The van der Waals surface area contributed by atoms with Crippen molar-refractivity contribution in [2.45, 2.75) is 50.5 Å². The molecule has 0 saturated heterocycles. The van der Waals surface area contributed by atoms with Crippen LogP contribution in [0.25, 0.3) is 0 Å². The minimum absolute atomic E-state index is 0.154. The molecule has 0 spiro atoms. The molecule has 0 aliphatic heterocycles. The van der Waals surface area contributed by atoms with Gasteiger partial charge in [0.1, 0.15) is 0 Å². The molecule has 1 N–H and O–H groups in total. The Morgan fingerprint density at radius 2 is 1.90 bits per heavy atom. The summed E-state index contributed by atoms with van der Waals surface area (Å²) in [6.07, 6.45) is 5.61. The standard InChI is InChI=1S/C17H25NO2S/c1-3-21(19,20)16-8-6-15(7-9-16)18-12(2)17-11-13-4-5-14(17)10-13/h6-9,12-14,17-18H,3-5,10-11H2,1-2H3. The Hall–Kier alpha value is -1.03. The van der Waals surface area contributed by atoms with E-state index in [2.05, 4.69) is 12.2 Å². The van der Waals surface area contributed by atoms with Crippen molar-refractivity contribution in [1.82, 2.24) is 0 Å². The fourth-order valence-corrected chi connectivity index (χ4v) is 5.09. The van der Waals surface area contributed by atoms with Gasteiger partial charge in [-0.3, -0.25) is 0 Å². The van der Waals surface area contributed by atoms with Crippen molar-refractivity contribution in [3.05, 3.63) is 24.3 Å². The summed E-state index contributed by atoms with van der Waals surface area (Å²) in [5, 5.41) is 3.57. The molecule has 2 bridgehead atoms. The van der Waals surface area contributed by atoms with Crippen LogP contribution in [0.4, 0.5) is 5.69 Å². The van der Waals surface area contributed by atoms with Crippen LogP contribution in [-0.2, 0) is 9.84 Å². The summed E-state index contributed by atoms with van der Waals surface area (Å²) in [5.74, 6) is 2.79. The number of nitrogens with one attached hydrogen (secondary N) is 1. The molecule has 1 aromatic rings. The molecule has 4 atom stereocenters. The zero-order valence-corrected chi connectivity index (χ0v) is 13.7. The lowest BCUT2D eigenvalue weighted by molar-refractivity contribution is 0.304. The Balaban J connectivity index is 1.65. The van der Waals surface area contributed by atoms with Gasteiger partial charge >= 0.3 is 0 Å². The number of sulfone groups is 1. The third-order valence-corrected chi connectivity index (χ3v) is 7.17. The van der Waals surface area contributed by atoms with Crippen molar-refractivity contribution in [3.63, 3.8) is 0 Å². The Morgan fingerprint density at radius 3 is 2.43 bits per heavy atom. The summed E-state index contributed by atoms with van der Waals surface area (Å²) in [6, 6.07) is 7.69. The van der Waals surface area contributed by atoms with Gasteiger partial charge in [0.25, 0.3) is 0 Å². The first kappa shape index (κ1) is 14.9. The molecule has 0 radical (unpaired) electrons. The van der Waals surface area contributed by atoms with E-state index >= 15 is 0 Å². The quantitative estimate of drug-likeness (QED) is 0.902. The summed E-state index contributed by atoms with van der Waals surface area (Å²) in [7, 11) is -3.09. The lowest BCUT2D eigenvalue weighted by Crippen LogP contribution is -2.29. The maximum Gasteiger partial charge on any atom is 0.178 e. The minimum atomic E-state index is -3.09. The van der Waals surface area contributed by atoms with E-state index in [1.165, 1.54) is 25.7 Å². The van der Waals surface area contributed by atoms with Crippen molar-refractivity contribution >= 4 is 15.5 Å². The van der Waals surface area contributed by atoms with Crippen LogP contribution < -0.4 is 5.32 Å². The van der Waals surface area contributed by atoms with Gasteiger partial charge in [-0.05, 0) is 68.2 Å². The summed E-state index contributed by atoms with van der Waals surface area (Å²) < 4.78 is 23.6. The van der Waals surface area contributed by atoms with Gasteiger partial charge in [0.2, 0.25) is 0 Å². The van der Waals surface area contributed by atoms with Crippen LogP contribution in [0, 0.1) is 17.8 Å². The van der Waals surface area contributed by atoms with Crippen molar-refractivity contribution in [3.8, 4) is 0 Å². The molecule has 21 heavy (non-hydrogen) atoms. The van der Waals surface area contributed by atoms with E-state index in [4.69, 9.17) is 0 Å². The number of benzene rings is 1. The van der Waals surface area contributed by atoms with Crippen LogP contribution >= 0.6 is 0 Å². The molecule has 2 saturated carbocycles. The molecule has 4 unspecified atom stereocenters. The second kappa shape index (κ2) is 5.64. The number of fused-ring (bicyclic) bond motifs is 2. The second-order valence-electron chi connectivity index (χ2n) is 6.70. The predicted molar refractivity (Wildman–Crippen MR) is 86.2 cm³/mol. The Labute approximate surface area is 128 Å². The molecular formula is C17H25NO2S. The first-order chi connectivity index (χ1) is 9.99. The molecule has 0 aromatic heterocycles. The first-order valence-corrected chi connectivity index (χ1v) is 9.74. The SMILES string of the molecule is CCS(=O)(=O)c1ccc(NC(C)C2CC3CCC2C3)cc1. The predicted octanol–water partition coefficient (Wildman–Crippen LogP) is 3.72. The first-order valence-electron chi connectivity index (χ1n) is 8.09. The van der Waals surface area contributed by atoms with Crippen LogP contribution in [0.1, 0.15) is 39.5 Å². The van der Waals surface area contributed by atoms with Gasteiger partial charge in [-0.15, -0.1) is 0 Å². The Bertz CT molecular complexity index is 594. The summed E-state index contributed by atoms with van der Waals surface area (Å²) in [5.41, 5.74) is 1.03.